The van der Waals surface area contributed by atoms with E-state index < -0.39 is 5.60 Å². The quantitative estimate of drug-likeness (QED) is 0.706. The van der Waals surface area contributed by atoms with Crippen LogP contribution in [0.25, 0.3) is 0 Å². The van der Waals surface area contributed by atoms with Crippen molar-refractivity contribution in [3.05, 3.63) is 0 Å². The molecule has 0 radical (unpaired) electrons. The van der Waals surface area contributed by atoms with Crippen LogP contribution in [0.4, 0.5) is 4.79 Å². The average molecular weight is 241 g/mol. The van der Waals surface area contributed by atoms with Gasteiger partial charge in [0.15, 0.2) is 0 Å². The molecular weight excluding hydrogens is 218 g/mol. The van der Waals surface area contributed by atoms with Crippen LogP contribution in [0.5, 0.6) is 0 Å². The fourth-order valence-corrected chi connectivity index (χ4v) is 3.23. The van der Waals surface area contributed by atoms with Crippen LogP contribution in [0.1, 0.15) is 41.0 Å². The minimum atomic E-state index is -0.457. The van der Waals surface area contributed by atoms with Gasteiger partial charge >= 0.3 is 6.09 Å². The number of rotatable bonds is 0. The Balaban J connectivity index is 2.07. The number of ether oxygens (including phenoxy) is 1. The van der Waals surface area contributed by atoms with E-state index in [2.05, 4.69) is 0 Å². The normalized spacial score (nSPS) is 35.2. The molecule has 3 unspecified atom stereocenters. The fraction of sp³-hybridized carbons (Fsp3) is 0.923. The number of amides is 1. The molecule has 1 saturated heterocycles. The lowest BCUT2D eigenvalue weighted by Crippen LogP contribution is -2.65. The number of hydrogen-bond acceptors (Lipinski definition) is 3. The average Bonchev–Trinajstić information content (AvgIpc) is 2.56. The fourth-order valence-electron chi connectivity index (χ4n) is 3.23. The van der Waals surface area contributed by atoms with Crippen LogP contribution in [0.15, 0.2) is 0 Å². The number of likely N-dealkylation sites (tertiary alicyclic amines) is 1. The first-order valence-electron chi connectivity index (χ1n) is 6.32. The maximum Gasteiger partial charge on any atom is 0.410 e. The van der Waals surface area contributed by atoms with Gasteiger partial charge in [0.2, 0.25) is 0 Å². The molecule has 98 valence electrons. The summed E-state index contributed by atoms with van der Waals surface area (Å²) in [6, 6.07) is 0.132. The van der Waals surface area contributed by atoms with Crippen molar-refractivity contribution in [3.8, 4) is 0 Å². The Morgan fingerprint density at radius 2 is 2.00 bits per heavy atom. The van der Waals surface area contributed by atoms with Crippen LogP contribution in [-0.4, -0.2) is 40.4 Å². The van der Waals surface area contributed by atoms with E-state index in [1.54, 1.807) is 4.90 Å². The Bertz CT molecular complexity index is 332. The molecule has 0 aromatic rings. The molecule has 2 fully saturated rings. The molecule has 0 aromatic carbocycles. The number of fused-ring (bicyclic) bond motifs is 1. The first kappa shape index (κ1) is 12.7. The molecule has 0 spiro atoms. The van der Waals surface area contributed by atoms with Gasteiger partial charge in [0.25, 0.3) is 0 Å². The lowest BCUT2D eigenvalue weighted by atomic mass is 9.58. The third-order valence-corrected chi connectivity index (χ3v) is 4.00. The third-order valence-electron chi connectivity index (χ3n) is 4.00. The van der Waals surface area contributed by atoms with Crippen molar-refractivity contribution >= 4 is 6.09 Å². The molecule has 17 heavy (non-hydrogen) atoms. The number of hydrogen-bond donors (Lipinski definition) is 1. The third kappa shape index (κ3) is 1.92. The molecule has 0 aromatic heterocycles. The molecule has 1 amide bonds. The van der Waals surface area contributed by atoms with Crippen LogP contribution in [0.2, 0.25) is 0 Å². The molecule has 1 heterocycles. The van der Waals surface area contributed by atoms with Gasteiger partial charge in [-0.2, -0.15) is 0 Å². The molecule has 4 heteroatoms. The SMILES string of the molecule is CC(C)(C)OC(=O)N1CCC2C(O)C(C)(C)C21. The highest BCUT2D eigenvalue weighted by atomic mass is 16.6. The smallest absolute Gasteiger partial charge is 0.410 e. The largest absolute Gasteiger partial charge is 0.444 e. The van der Waals surface area contributed by atoms with E-state index in [1.165, 1.54) is 0 Å². The van der Waals surface area contributed by atoms with Gasteiger partial charge in [-0.05, 0) is 27.2 Å². The summed E-state index contributed by atoms with van der Waals surface area (Å²) < 4.78 is 5.41. The monoisotopic (exact) mass is 241 g/mol. The van der Waals surface area contributed by atoms with Crippen molar-refractivity contribution in [1.82, 2.24) is 4.90 Å². The Hall–Kier alpha value is -0.770. The lowest BCUT2D eigenvalue weighted by Gasteiger charge is -2.54. The molecule has 4 nitrogen and oxygen atoms in total. The van der Waals surface area contributed by atoms with E-state index in [1.807, 2.05) is 34.6 Å². The van der Waals surface area contributed by atoms with Crippen molar-refractivity contribution in [1.29, 1.82) is 0 Å². The van der Waals surface area contributed by atoms with Gasteiger partial charge in [-0.15, -0.1) is 0 Å². The Labute approximate surface area is 103 Å². The molecule has 1 aliphatic heterocycles. The predicted octanol–water partition coefficient (Wildman–Crippen LogP) is 2.01. The van der Waals surface area contributed by atoms with Gasteiger partial charge in [0.1, 0.15) is 5.60 Å². The molecule has 0 bridgehead atoms. The summed E-state index contributed by atoms with van der Waals surface area (Å²) in [5.41, 5.74) is -0.667. The summed E-state index contributed by atoms with van der Waals surface area (Å²) in [6.45, 7) is 10.4. The highest BCUT2D eigenvalue weighted by Crippen LogP contribution is 2.53. The van der Waals surface area contributed by atoms with E-state index >= 15 is 0 Å². The van der Waals surface area contributed by atoms with Crippen molar-refractivity contribution < 1.29 is 14.6 Å². The first-order chi connectivity index (χ1) is 7.64. The number of carbonyl (C=O) groups excluding carboxylic acids is 1. The zero-order valence-corrected chi connectivity index (χ0v) is 11.4. The zero-order chi connectivity index (χ0) is 13.0. The second-order valence-electron chi connectivity index (χ2n) is 6.84. The van der Waals surface area contributed by atoms with Crippen LogP contribution in [-0.2, 0) is 4.74 Å². The summed E-state index contributed by atoms with van der Waals surface area (Å²) in [6.07, 6.45) is 0.346. The lowest BCUT2D eigenvalue weighted by molar-refractivity contribution is -0.141. The van der Waals surface area contributed by atoms with Gasteiger partial charge in [-0.3, -0.25) is 0 Å². The highest BCUT2D eigenvalue weighted by molar-refractivity contribution is 5.69. The maximum absolute atomic E-state index is 12.1. The van der Waals surface area contributed by atoms with Crippen LogP contribution < -0.4 is 0 Å². The molecule has 3 atom stereocenters. The molecule has 2 rings (SSSR count). The standard InChI is InChI=1S/C13H23NO3/c1-12(2,3)17-11(16)14-7-6-8-9(14)13(4,5)10(8)15/h8-10,15H,6-7H2,1-5H3. The Morgan fingerprint density at radius 3 is 2.53 bits per heavy atom. The number of aliphatic hydroxyl groups is 1. The summed E-state index contributed by atoms with van der Waals surface area (Å²) in [5.74, 6) is 0.234. The molecule has 1 aliphatic carbocycles. The number of aliphatic hydroxyl groups excluding tert-OH is 1. The number of carbonyl (C=O) groups is 1. The van der Waals surface area contributed by atoms with Crippen molar-refractivity contribution in [2.24, 2.45) is 11.3 Å². The minimum Gasteiger partial charge on any atom is -0.444 e. The van der Waals surface area contributed by atoms with E-state index in [4.69, 9.17) is 4.74 Å². The second kappa shape index (κ2) is 3.61. The van der Waals surface area contributed by atoms with Gasteiger partial charge in [0.05, 0.1) is 6.10 Å². The van der Waals surface area contributed by atoms with Crippen LogP contribution >= 0.6 is 0 Å². The summed E-state index contributed by atoms with van der Waals surface area (Å²) >= 11 is 0. The van der Waals surface area contributed by atoms with Gasteiger partial charge < -0.3 is 14.7 Å². The summed E-state index contributed by atoms with van der Waals surface area (Å²) in [5, 5.41) is 10.00. The van der Waals surface area contributed by atoms with Crippen molar-refractivity contribution in [2.75, 3.05) is 6.54 Å². The Kier molecular flexibility index (Phi) is 2.69. The first-order valence-corrected chi connectivity index (χ1v) is 6.32. The Morgan fingerprint density at radius 1 is 1.41 bits per heavy atom. The summed E-state index contributed by atoms with van der Waals surface area (Å²) in [7, 11) is 0. The highest BCUT2D eigenvalue weighted by Gasteiger charge is 2.62. The molecule has 1 saturated carbocycles. The number of nitrogens with zero attached hydrogens (tertiary/aromatic N) is 1. The minimum absolute atomic E-state index is 0.132. The zero-order valence-electron chi connectivity index (χ0n) is 11.4. The van der Waals surface area contributed by atoms with Gasteiger partial charge in [-0.1, -0.05) is 13.8 Å². The molecule has 1 N–H and O–H groups in total. The van der Waals surface area contributed by atoms with Gasteiger partial charge in [-0.25, -0.2) is 4.79 Å². The van der Waals surface area contributed by atoms with Crippen molar-refractivity contribution in [3.63, 3.8) is 0 Å². The summed E-state index contributed by atoms with van der Waals surface area (Å²) in [4.78, 5) is 13.9. The van der Waals surface area contributed by atoms with Gasteiger partial charge in [0, 0.05) is 23.9 Å². The van der Waals surface area contributed by atoms with Crippen LogP contribution in [0, 0.1) is 11.3 Å². The topological polar surface area (TPSA) is 49.8 Å². The van der Waals surface area contributed by atoms with E-state index in [0.717, 1.165) is 6.42 Å². The molecule has 2 aliphatic rings. The second-order valence-corrected chi connectivity index (χ2v) is 6.84. The van der Waals surface area contributed by atoms with Crippen LogP contribution in [0.3, 0.4) is 0 Å². The van der Waals surface area contributed by atoms with E-state index in [9.17, 15) is 9.90 Å². The maximum atomic E-state index is 12.1. The van der Waals surface area contributed by atoms with E-state index in [0.29, 0.717) is 6.54 Å². The molecular formula is C13H23NO3. The van der Waals surface area contributed by atoms with Crippen molar-refractivity contribution in [2.45, 2.75) is 58.8 Å². The predicted molar refractivity (Wildman–Crippen MR) is 64.6 cm³/mol. The van der Waals surface area contributed by atoms with E-state index in [-0.39, 0.29) is 29.6 Å².